The Labute approximate surface area is 299 Å². The molecule has 0 amide bonds. The fourth-order valence-electron chi connectivity index (χ4n) is 6.19. The first-order valence-corrected chi connectivity index (χ1v) is 18.1. The van der Waals surface area contributed by atoms with Crippen LogP contribution < -0.4 is 0 Å². The van der Waals surface area contributed by atoms with Crippen molar-refractivity contribution >= 4 is 11.9 Å². The van der Waals surface area contributed by atoms with E-state index in [1.807, 2.05) is 56.4 Å². The molecule has 0 aliphatic carbocycles. The highest BCUT2D eigenvalue weighted by Crippen LogP contribution is 2.39. The van der Waals surface area contributed by atoms with Gasteiger partial charge in [0.05, 0.1) is 43.2 Å². The number of esters is 2. The number of carbonyl (C=O) groups excluding carboxylic acids is 2. The molecule has 9 atom stereocenters. The van der Waals surface area contributed by atoms with Crippen LogP contribution in [0.3, 0.4) is 0 Å². The number of ether oxygens (including phenoxy) is 4. The van der Waals surface area contributed by atoms with Gasteiger partial charge in [-0.3, -0.25) is 0 Å². The summed E-state index contributed by atoms with van der Waals surface area (Å²) in [6.45, 7) is 13.8. The molecule has 2 saturated heterocycles. The minimum Gasteiger partial charge on any atom is -0.458 e. The van der Waals surface area contributed by atoms with E-state index in [1.165, 1.54) is 6.08 Å². The van der Waals surface area contributed by atoms with Crippen LogP contribution in [0.15, 0.2) is 84.6 Å². The molecule has 0 saturated carbocycles. The van der Waals surface area contributed by atoms with Gasteiger partial charge in [0, 0.05) is 36.7 Å². The van der Waals surface area contributed by atoms with Crippen molar-refractivity contribution in [3.8, 4) is 0 Å². The number of aliphatic hydroxyl groups excluding tert-OH is 3. The monoisotopic (exact) mass is 696 g/mol. The summed E-state index contributed by atoms with van der Waals surface area (Å²) in [6, 6.07) is 0. The van der Waals surface area contributed by atoms with Crippen molar-refractivity contribution in [3.63, 3.8) is 0 Å². The van der Waals surface area contributed by atoms with Gasteiger partial charge >= 0.3 is 11.9 Å². The Kier molecular flexibility index (Phi) is 17.1. The number of cyclic esters (lactones) is 1. The van der Waals surface area contributed by atoms with Crippen LogP contribution in [0.4, 0.5) is 0 Å². The van der Waals surface area contributed by atoms with Crippen LogP contribution in [0.2, 0.25) is 0 Å². The first-order chi connectivity index (χ1) is 23.8. The van der Waals surface area contributed by atoms with Crippen LogP contribution in [0.5, 0.6) is 0 Å². The summed E-state index contributed by atoms with van der Waals surface area (Å²) in [5, 5.41) is 32.0. The van der Waals surface area contributed by atoms with Crippen LogP contribution in [0.1, 0.15) is 86.0 Å². The van der Waals surface area contributed by atoms with Crippen LogP contribution in [0.25, 0.3) is 0 Å². The number of rotatable bonds is 7. The summed E-state index contributed by atoms with van der Waals surface area (Å²) in [5.41, 5.74) is 0.931. The zero-order valence-corrected chi connectivity index (χ0v) is 30.6. The maximum atomic E-state index is 13.1. The number of carbonyl (C=O) groups is 2. The lowest BCUT2D eigenvalue weighted by molar-refractivity contribution is -0.179. The van der Waals surface area contributed by atoms with Crippen molar-refractivity contribution in [3.05, 3.63) is 84.6 Å². The van der Waals surface area contributed by atoms with Crippen molar-refractivity contribution in [1.82, 2.24) is 0 Å². The van der Waals surface area contributed by atoms with E-state index in [9.17, 15) is 24.9 Å². The molecule has 3 aliphatic rings. The lowest BCUT2D eigenvalue weighted by Crippen LogP contribution is -2.53. The molecule has 0 aromatic heterocycles. The van der Waals surface area contributed by atoms with Crippen LogP contribution in [0, 0.1) is 17.3 Å². The predicted molar refractivity (Wildman–Crippen MR) is 195 cm³/mol. The third-order valence-electron chi connectivity index (χ3n) is 9.80. The maximum Gasteiger partial charge on any atom is 0.348 e. The van der Waals surface area contributed by atoms with Crippen LogP contribution in [-0.4, -0.2) is 83.2 Å². The lowest BCUT2D eigenvalue weighted by Gasteiger charge is -2.46. The molecule has 9 nitrogen and oxygen atoms in total. The molecule has 9 heteroatoms. The van der Waals surface area contributed by atoms with Crippen LogP contribution in [-0.2, 0) is 28.5 Å². The molecule has 2 fully saturated rings. The van der Waals surface area contributed by atoms with Crippen molar-refractivity contribution in [1.29, 1.82) is 0 Å². The van der Waals surface area contributed by atoms with Gasteiger partial charge in [0.25, 0.3) is 0 Å². The van der Waals surface area contributed by atoms with Gasteiger partial charge in [-0.1, -0.05) is 101 Å². The van der Waals surface area contributed by atoms with E-state index in [2.05, 4.69) is 20.4 Å². The lowest BCUT2D eigenvalue weighted by atomic mass is 9.73. The van der Waals surface area contributed by atoms with E-state index < -0.39 is 41.8 Å². The molecule has 50 heavy (non-hydrogen) atoms. The second kappa shape index (κ2) is 20.7. The Morgan fingerprint density at radius 2 is 1.80 bits per heavy atom. The zero-order valence-electron chi connectivity index (χ0n) is 30.6. The fraction of sp³-hybridized carbons (Fsp3) is 0.610. The summed E-state index contributed by atoms with van der Waals surface area (Å²) in [4.78, 5) is 25.9. The van der Waals surface area contributed by atoms with Gasteiger partial charge in [0.1, 0.15) is 6.61 Å². The molecule has 3 heterocycles. The molecule has 3 rings (SSSR count). The highest BCUT2D eigenvalue weighted by Gasteiger charge is 2.46. The summed E-state index contributed by atoms with van der Waals surface area (Å²) in [6.07, 6.45) is 20.5. The molecule has 4 bridgehead atoms. The standard InChI is InChI=1S/C41H60O9/c1-28(2)21-22-30(4)26-47-40(46)35-18-13-14-19-38-41(6,27-42)37(44)25-33(49-38)17-10-7-9-15-29(3)23-36-31(5)34(43)24-32(48-36)16-11-8-12-20-39(45)50-35/h8-15,17,20,23,28,31-38,42-44H,4,7,16,18-19,21-22,24-27H2,1-3,5-6H3/b11-8+,14-13-,15-9+,17-10+,20-12+,29-23-/t31-,32+,33-,34+,35+,36-,37-,38+,41-/m1/s1. The first kappa shape index (κ1) is 41.3. The van der Waals surface area contributed by atoms with Gasteiger partial charge < -0.3 is 34.3 Å². The molecule has 3 N–H and O–H groups in total. The Hall–Kier alpha value is -3.08. The normalized spacial score (nSPS) is 37.5. The quantitative estimate of drug-likeness (QED) is 0.204. The first-order valence-electron chi connectivity index (χ1n) is 18.1. The third-order valence-corrected chi connectivity index (χ3v) is 9.80. The Morgan fingerprint density at radius 3 is 2.54 bits per heavy atom. The minimum atomic E-state index is -1.18. The minimum absolute atomic E-state index is 0.0438. The van der Waals surface area contributed by atoms with Crippen molar-refractivity contribution in [2.24, 2.45) is 17.3 Å². The Morgan fingerprint density at radius 1 is 1.04 bits per heavy atom. The molecule has 0 spiro atoms. The van der Waals surface area contributed by atoms with E-state index in [0.29, 0.717) is 38.0 Å². The molecule has 0 aromatic carbocycles. The van der Waals surface area contributed by atoms with Gasteiger partial charge in [-0.05, 0) is 50.5 Å². The van der Waals surface area contributed by atoms with Gasteiger partial charge in [-0.25, -0.2) is 9.59 Å². The van der Waals surface area contributed by atoms with Gasteiger partial charge in [0.2, 0.25) is 6.10 Å². The molecular formula is C41H60O9. The largest absolute Gasteiger partial charge is 0.458 e. The second-order valence-electron chi connectivity index (χ2n) is 14.6. The smallest absolute Gasteiger partial charge is 0.348 e. The van der Waals surface area contributed by atoms with Crippen molar-refractivity contribution in [2.45, 2.75) is 129 Å². The summed E-state index contributed by atoms with van der Waals surface area (Å²) < 4.78 is 23.7. The summed E-state index contributed by atoms with van der Waals surface area (Å²) >= 11 is 0. The van der Waals surface area contributed by atoms with Gasteiger partial charge in [0.15, 0.2) is 0 Å². The molecular weight excluding hydrogens is 636 g/mol. The highest BCUT2D eigenvalue weighted by molar-refractivity contribution is 5.86. The average molecular weight is 697 g/mol. The number of aliphatic hydroxyl groups is 3. The third kappa shape index (κ3) is 13.2. The number of allylic oxidation sites excluding steroid dienone is 6. The Balaban J connectivity index is 1.82. The van der Waals surface area contributed by atoms with E-state index in [1.54, 1.807) is 25.2 Å². The van der Waals surface area contributed by atoms with Crippen molar-refractivity contribution < 1.29 is 43.9 Å². The van der Waals surface area contributed by atoms with Crippen LogP contribution >= 0.6 is 0 Å². The molecule has 0 unspecified atom stereocenters. The Bertz CT molecular complexity index is 1290. The SMILES string of the molecule is C=C(CCC(C)C)COC(=O)[C@@H]1C/C=C\C[C@@H]2O[C@H](/C=C/C/C=C/C(C)=C\[C@H]3O[C@@H](C/C=C/C=C/C(=O)O1)C[C@H](O)[C@H]3C)C[C@@H](O)[C@@]2(C)CO. The fourth-order valence-corrected chi connectivity index (χ4v) is 6.19. The van der Waals surface area contributed by atoms with Gasteiger partial charge in [-0.2, -0.15) is 0 Å². The molecule has 0 aromatic rings. The van der Waals surface area contributed by atoms with E-state index in [-0.39, 0.29) is 43.9 Å². The highest BCUT2D eigenvalue weighted by atomic mass is 16.6. The second-order valence-corrected chi connectivity index (χ2v) is 14.6. The van der Waals surface area contributed by atoms with E-state index in [0.717, 1.165) is 24.0 Å². The zero-order chi connectivity index (χ0) is 36.7. The number of hydrogen-bond acceptors (Lipinski definition) is 9. The number of fused-ring (bicyclic) bond motifs is 4. The predicted octanol–water partition coefficient (Wildman–Crippen LogP) is 6.41. The van der Waals surface area contributed by atoms with Gasteiger partial charge in [-0.15, -0.1) is 0 Å². The average Bonchev–Trinajstić information content (AvgIpc) is 3.07. The van der Waals surface area contributed by atoms with Crippen molar-refractivity contribution in [2.75, 3.05) is 13.2 Å². The molecule has 278 valence electrons. The molecule has 3 aliphatic heterocycles. The molecule has 0 radical (unpaired) electrons. The summed E-state index contributed by atoms with van der Waals surface area (Å²) in [5.74, 6) is -0.927. The number of hydrogen-bond donors (Lipinski definition) is 3. The van der Waals surface area contributed by atoms with E-state index in [4.69, 9.17) is 18.9 Å². The topological polar surface area (TPSA) is 132 Å². The summed E-state index contributed by atoms with van der Waals surface area (Å²) in [7, 11) is 0. The maximum absolute atomic E-state index is 13.1. The van der Waals surface area contributed by atoms with E-state index >= 15 is 0 Å².